The zero-order valence-electron chi connectivity index (χ0n) is 19.6. The third-order valence-corrected chi connectivity index (χ3v) is 7.06. The van der Waals surface area contributed by atoms with E-state index in [-0.39, 0.29) is 39.8 Å². The van der Waals surface area contributed by atoms with Crippen LogP contribution in [-0.2, 0) is 17.9 Å². The van der Waals surface area contributed by atoms with Crippen LogP contribution in [-0.4, -0.2) is 33.7 Å². The number of halogens is 2. The molecule has 4 rings (SSSR count). The van der Waals surface area contributed by atoms with Crippen LogP contribution in [0.5, 0.6) is 11.5 Å². The van der Waals surface area contributed by atoms with Gasteiger partial charge in [-0.25, -0.2) is 4.79 Å². The van der Waals surface area contributed by atoms with Crippen molar-refractivity contribution >= 4 is 62.5 Å². The largest absolute Gasteiger partial charge is 0.490 e. The molecule has 3 aromatic carbocycles. The third kappa shape index (κ3) is 6.54. The van der Waals surface area contributed by atoms with E-state index in [9.17, 15) is 14.4 Å². The summed E-state index contributed by atoms with van der Waals surface area (Å²) in [6.07, 6.45) is 1.61. The number of aromatic carboxylic acids is 1. The quantitative estimate of drug-likeness (QED) is 0.263. The van der Waals surface area contributed by atoms with Gasteiger partial charge in [0.05, 0.1) is 28.6 Å². The maximum absolute atomic E-state index is 13.0. The summed E-state index contributed by atoms with van der Waals surface area (Å²) in [6, 6.07) is 17.1. The maximum Gasteiger partial charge on any atom is 0.335 e. The zero-order valence-corrected chi connectivity index (χ0v) is 22.7. The molecular formula is C27H21BrClNO6S. The number of hydrogen-bond donors (Lipinski definition) is 1. The maximum atomic E-state index is 13.0. The fraction of sp³-hybridized carbons (Fsp3) is 0.148. The minimum atomic E-state index is -1.00. The molecular weight excluding hydrogens is 582 g/mol. The summed E-state index contributed by atoms with van der Waals surface area (Å²) in [7, 11) is 0. The van der Waals surface area contributed by atoms with Gasteiger partial charge in [0.25, 0.3) is 11.1 Å². The number of amides is 2. The molecule has 1 N–H and O–H groups in total. The van der Waals surface area contributed by atoms with Crippen molar-refractivity contribution in [3.63, 3.8) is 0 Å². The molecule has 0 atom stereocenters. The molecule has 1 aliphatic heterocycles. The molecule has 2 amide bonds. The first-order chi connectivity index (χ1) is 17.7. The Morgan fingerprint density at radius 2 is 1.73 bits per heavy atom. The summed E-state index contributed by atoms with van der Waals surface area (Å²) >= 11 is 10.8. The second-order valence-corrected chi connectivity index (χ2v) is 10.3. The lowest BCUT2D eigenvalue weighted by molar-refractivity contribution is -0.123. The summed E-state index contributed by atoms with van der Waals surface area (Å²) in [6.45, 7) is 2.50. The monoisotopic (exact) mass is 601 g/mol. The van der Waals surface area contributed by atoms with Crippen molar-refractivity contribution in [2.45, 2.75) is 20.1 Å². The Bertz CT molecular complexity index is 1370. The normalized spacial score (nSPS) is 14.4. The second-order valence-electron chi connectivity index (χ2n) is 7.95. The SMILES string of the molecule is CCOc1cc(/C=C2\SC(=O)N(Cc3ccc(Br)cc3)C2=O)cc(Cl)c1OCc1ccc(C(=O)O)cc1. The number of carboxylic acids is 1. The standard InChI is InChI=1S/C27H21BrClNO6S/c1-2-35-22-12-18(11-21(29)24(22)36-15-17-3-7-19(8-4-17)26(32)33)13-23-25(31)30(27(34)37-23)14-16-5-9-20(28)10-6-16/h3-13H,2,14-15H2,1H3,(H,32,33)/b23-13-. The van der Waals surface area contributed by atoms with Crippen molar-refractivity contribution < 1.29 is 29.0 Å². The number of ether oxygens (including phenoxy) is 2. The van der Waals surface area contributed by atoms with E-state index in [0.29, 0.717) is 23.7 Å². The van der Waals surface area contributed by atoms with E-state index in [1.807, 2.05) is 31.2 Å². The number of thioether (sulfide) groups is 1. The van der Waals surface area contributed by atoms with Gasteiger partial charge in [-0.15, -0.1) is 0 Å². The number of nitrogens with zero attached hydrogens (tertiary/aromatic N) is 1. The van der Waals surface area contributed by atoms with Gasteiger partial charge in [0, 0.05) is 4.47 Å². The molecule has 3 aromatic rings. The number of imide groups is 1. The number of rotatable bonds is 9. The van der Waals surface area contributed by atoms with E-state index in [1.54, 1.807) is 30.3 Å². The van der Waals surface area contributed by atoms with Crippen LogP contribution >= 0.6 is 39.3 Å². The Morgan fingerprint density at radius 3 is 2.38 bits per heavy atom. The van der Waals surface area contributed by atoms with Gasteiger partial charge in [-0.1, -0.05) is 51.8 Å². The summed E-state index contributed by atoms with van der Waals surface area (Å²) in [4.78, 5) is 38.0. The van der Waals surface area contributed by atoms with E-state index in [2.05, 4.69) is 15.9 Å². The molecule has 0 aliphatic carbocycles. The Hall–Kier alpha value is -3.27. The summed E-state index contributed by atoms with van der Waals surface area (Å²) < 4.78 is 12.5. The Kier molecular flexibility index (Phi) is 8.58. The molecule has 0 radical (unpaired) electrons. The van der Waals surface area contributed by atoms with Crippen molar-refractivity contribution in [3.05, 3.63) is 97.3 Å². The van der Waals surface area contributed by atoms with Crippen molar-refractivity contribution in [2.75, 3.05) is 6.61 Å². The predicted molar refractivity (Wildman–Crippen MR) is 146 cm³/mol. The first-order valence-corrected chi connectivity index (χ1v) is 13.1. The Labute approximate surface area is 231 Å². The van der Waals surface area contributed by atoms with Gasteiger partial charge >= 0.3 is 5.97 Å². The van der Waals surface area contributed by atoms with Crippen molar-refractivity contribution in [1.29, 1.82) is 0 Å². The summed E-state index contributed by atoms with van der Waals surface area (Å²) in [5.41, 5.74) is 2.36. The zero-order chi connectivity index (χ0) is 26.5. The van der Waals surface area contributed by atoms with Gasteiger partial charge in [0.15, 0.2) is 11.5 Å². The molecule has 37 heavy (non-hydrogen) atoms. The van der Waals surface area contributed by atoms with E-state index >= 15 is 0 Å². The molecule has 0 saturated carbocycles. The van der Waals surface area contributed by atoms with E-state index in [1.165, 1.54) is 17.0 Å². The van der Waals surface area contributed by atoms with Crippen LogP contribution in [0.1, 0.15) is 34.0 Å². The third-order valence-electron chi connectivity index (χ3n) is 5.34. The lowest BCUT2D eigenvalue weighted by Crippen LogP contribution is -2.27. The molecule has 1 saturated heterocycles. The average Bonchev–Trinajstić information content (AvgIpc) is 3.12. The highest BCUT2D eigenvalue weighted by Gasteiger charge is 2.35. The Morgan fingerprint density at radius 1 is 1.05 bits per heavy atom. The number of benzene rings is 3. The smallest absolute Gasteiger partial charge is 0.335 e. The molecule has 1 aliphatic rings. The summed E-state index contributed by atoms with van der Waals surface area (Å²) in [5.74, 6) is -0.670. The van der Waals surface area contributed by atoms with Crippen molar-refractivity contribution in [2.24, 2.45) is 0 Å². The average molecular weight is 603 g/mol. The minimum absolute atomic E-state index is 0.147. The van der Waals surface area contributed by atoms with Crippen LogP contribution in [0.3, 0.4) is 0 Å². The predicted octanol–water partition coefficient (Wildman–Crippen LogP) is 7.01. The molecule has 0 aromatic heterocycles. The van der Waals surface area contributed by atoms with E-state index in [0.717, 1.165) is 27.4 Å². The fourth-order valence-corrected chi connectivity index (χ4v) is 4.91. The molecule has 0 unspecified atom stereocenters. The first-order valence-electron chi connectivity index (χ1n) is 11.2. The van der Waals surface area contributed by atoms with Gasteiger partial charge in [0.2, 0.25) is 0 Å². The fourth-order valence-electron chi connectivity index (χ4n) is 3.53. The molecule has 1 heterocycles. The highest BCUT2D eigenvalue weighted by atomic mass is 79.9. The van der Waals surface area contributed by atoms with E-state index in [4.69, 9.17) is 26.2 Å². The number of carboxylic acid groups (broad SMARTS) is 1. The van der Waals surface area contributed by atoms with Gasteiger partial charge in [0.1, 0.15) is 6.61 Å². The van der Waals surface area contributed by atoms with Crippen LogP contribution in [0.2, 0.25) is 5.02 Å². The van der Waals surface area contributed by atoms with Crippen LogP contribution in [0, 0.1) is 0 Å². The van der Waals surface area contributed by atoms with Crippen LogP contribution in [0.25, 0.3) is 6.08 Å². The lowest BCUT2D eigenvalue weighted by Gasteiger charge is -2.15. The van der Waals surface area contributed by atoms with Gasteiger partial charge in [-0.05, 0) is 77.9 Å². The first kappa shape index (κ1) is 26.8. The highest BCUT2D eigenvalue weighted by Crippen LogP contribution is 2.40. The van der Waals surface area contributed by atoms with Crippen LogP contribution < -0.4 is 9.47 Å². The summed E-state index contributed by atoms with van der Waals surface area (Å²) in [5, 5.41) is 8.98. The highest BCUT2D eigenvalue weighted by molar-refractivity contribution is 9.10. The molecule has 7 nitrogen and oxygen atoms in total. The second kappa shape index (κ2) is 11.9. The Balaban J connectivity index is 1.52. The molecule has 190 valence electrons. The van der Waals surface area contributed by atoms with Gasteiger partial charge in [-0.2, -0.15) is 0 Å². The van der Waals surface area contributed by atoms with Crippen LogP contribution in [0.4, 0.5) is 4.79 Å². The van der Waals surface area contributed by atoms with Crippen molar-refractivity contribution in [1.82, 2.24) is 4.90 Å². The van der Waals surface area contributed by atoms with E-state index < -0.39 is 5.97 Å². The van der Waals surface area contributed by atoms with Gasteiger partial charge in [-0.3, -0.25) is 14.5 Å². The van der Waals surface area contributed by atoms with Crippen LogP contribution in [0.15, 0.2) is 70.0 Å². The van der Waals surface area contributed by atoms with Crippen molar-refractivity contribution in [3.8, 4) is 11.5 Å². The molecule has 0 spiro atoms. The topological polar surface area (TPSA) is 93.1 Å². The number of carbonyl (C=O) groups is 3. The van der Waals surface area contributed by atoms with Gasteiger partial charge < -0.3 is 14.6 Å². The molecule has 0 bridgehead atoms. The minimum Gasteiger partial charge on any atom is -0.490 e. The number of hydrogen-bond acceptors (Lipinski definition) is 6. The number of carbonyl (C=O) groups excluding carboxylic acids is 2. The molecule has 1 fully saturated rings. The lowest BCUT2D eigenvalue weighted by atomic mass is 10.1. The molecule has 10 heteroatoms.